The summed E-state index contributed by atoms with van der Waals surface area (Å²) in [5.74, 6) is 1.51. The maximum Gasteiger partial charge on any atom is 0.139 e. The number of carboxylic acid groups (broad SMARTS) is 1. The van der Waals surface area contributed by atoms with Crippen LogP contribution in [0.5, 0.6) is 0 Å². The van der Waals surface area contributed by atoms with Crippen LogP contribution >= 0.6 is 0 Å². The number of carbonyl (C=O) groups is 1. The first-order valence-electron chi connectivity index (χ1n) is 4.05. The second kappa shape index (κ2) is 5.62. The molecule has 0 heterocycles. The fraction of sp³-hybridized carbons (Fsp3) is 0.667. The van der Waals surface area contributed by atoms with E-state index in [1.807, 2.05) is 13.8 Å². The van der Waals surface area contributed by atoms with Crippen molar-refractivity contribution >= 4 is 5.97 Å². The second-order valence-electron chi connectivity index (χ2n) is 3.07. The standard InChI is InChI=1S/C9H15NO2/c1-4-6-10(8(2)3)7-5-9(11)12/h1,8H,5-7H2,2-3H3,(H,11,12). The highest BCUT2D eigenvalue weighted by Gasteiger charge is 2.10. The van der Waals surface area contributed by atoms with Gasteiger partial charge in [0.1, 0.15) is 6.54 Å². The molecule has 1 unspecified atom stereocenters. The molecule has 0 fully saturated rings. The number of terminal acetylenes is 1. The van der Waals surface area contributed by atoms with Gasteiger partial charge in [-0.15, -0.1) is 6.42 Å². The molecule has 68 valence electrons. The van der Waals surface area contributed by atoms with Crippen molar-refractivity contribution in [2.24, 2.45) is 0 Å². The summed E-state index contributed by atoms with van der Waals surface area (Å²) in [5, 5.41) is 10.2. The van der Waals surface area contributed by atoms with Gasteiger partial charge < -0.3 is 14.8 Å². The Kier molecular flexibility index (Phi) is 5.14. The molecule has 3 nitrogen and oxygen atoms in total. The molecule has 0 aliphatic carbocycles. The van der Waals surface area contributed by atoms with Gasteiger partial charge in [0.15, 0.2) is 0 Å². The van der Waals surface area contributed by atoms with E-state index in [1.54, 1.807) is 0 Å². The molecule has 0 rings (SSSR count). The third-order valence-electron chi connectivity index (χ3n) is 1.80. The van der Waals surface area contributed by atoms with Gasteiger partial charge in [-0.1, -0.05) is 0 Å². The molecular weight excluding hydrogens is 154 g/mol. The van der Waals surface area contributed by atoms with Crippen molar-refractivity contribution in [3.63, 3.8) is 0 Å². The van der Waals surface area contributed by atoms with Crippen molar-refractivity contribution in [3.05, 3.63) is 0 Å². The van der Waals surface area contributed by atoms with Gasteiger partial charge >= 0.3 is 0 Å². The number of carboxylic acids is 1. The third kappa shape index (κ3) is 4.75. The minimum atomic E-state index is -1.01. The highest BCUT2D eigenvalue weighted by Crippen LogP contribution is 1.72. The fourth-order valence-electron chi connectivity index (χ4n) is 0.975. The Morgan fingerprint density at radius 1 is 1.67 bits per heavy atom. The summed E-state index contributed by atoms with van der Waals surface area (Å²) in [4.78, 5) is 11.3. The first-order valence-corrected chi connectivity index (χ1v) is 4.05. The number of hydrogen-bond acceptors (Lipinski definition) is 2. The van der Waals surface area contributed by atoms with E-state index in [0.29, 0.717) is 19.1 Å². The lowest BCUT2D eigenvalue weighted by molar-refractivity contribution is -0.914. The predicted molar refractivity (Wildman–Crippen MR) is 44.3 cm³/mol. The Balaban J connectivity index is 3.80. The summed E-state index contributed by atoms with van der Waals surface area (Å²) < 4.78 is 0. The van der Waals surface area contributed by atoms with Crippen molar-refractivity contribution in [1.29, 1.82) is 0 Å². The van der Waals surface area contributed by atoms with Gasteiger partial charge in [-0.05, 0) is 19.8 Å². The zero-order valence-electron chi connectivity index (χ0n) is 7.59. The molecule has 1 atom stereocenters. The number of rotatable bonds is 5. The minimum Gasteiger partial charge on any atom is -0.550 e. The molecule has 0 aliphatic rings. The molecule has 0 spiro atoms. The van der Waals surface area contributed by atoms with Crippen molar-refractivity contribution in [1.82, 2.24) is 0 Å². The normalized spacial score (nSPS) is 12.5. The lowest BCUT2D eigenvalue weighted by Gasteiger charge is -2.21. The third-order valence-corrected chi connectivity index (χ3v) is 1.80. The zero-order valence-corrected chi connectivity index (χ0v) is 7.59. The van der Waals surface area contributed by atoms with Crippen LogP contribution in [0.2, 0.25) is 0 Å². The fourth-order valence-corrected chi connectivity index (χ4v) is 0.975. The van der Waals surface area contributed by atoms with Crippen LogP contribution in [0.1, 0.15) is 20.3 Å². The van der Waals surface area contributed by atoms with E-state index < -0.39 is 5.97 Å². The van der Waals surface area contributed by atoms with E-state index in [0.717, 1.165) is 4.90 Å². The van der Waals surface area contributed by atoms with E-state index in [2.05, 4.69) is 5.92 Å². The average Bonchev–Trinajstić information content (AvgIpc) is 1.96. The summed E-state index contributed by atoms with van der Waals surface area (Å²) >= 11 is 0. The highest BCUT2D eigenvalue weighted by atomic mass is 16.4. The smallest absolute Gasteiger partial charge is 0.139 e. The molecule has 0 aromatic rings. The summed E-state index contributed by atoms with van der Waals surface area (Å²) in [5.41, 5.74) is 0. The molecule has 0 aromatic heterocycles. The summed E-state index contributed by atoms with van der Waals surface area (Å²) in [6.07, 6.45) is 5.22. The van der Waals surface area contributed by atoms with E-state index in [1.165, 1.54) is 0 Å². The Labute approximate surface area is 73.4 Å². The van der Waals surface area contributed by atoms with E-state index in [4.69, 9.17) is 6.42 Å². The quantitative estimate of drug-likeness (QED) is 0.486. The summed E-state index contributed by atoms with van der Waals surface area (Å²) in [6.45, 7) is 5.15. The monoisotopic (exact) mass is 169 g/mol. The van der Waals surface area contributed by atoms with Crippen molar-refractivity contribution in [2.75, 3.05) is 13.1 Å². The van der Waals surface area contributed by atoms with Gasteiger partial charge in [-0.3, -0.25) is 0 Å². The van der Waals surface area contributed by atoms with Crippen LogP contribution in [0, 0.1) is 12.3 Å². The molecule has 3 heteroatoms. The predicted octanol–water partition coefficient (Wildman–Crippen LogP) is -1.95. The maximum atomic E-state index is 10.2. The number of quaternary nitrogens is 1. The molecule has 0 saturated heterocycles. The minimum absolute atomic E-state index is 0.0786. The van der Waals surface area contributed by atoms with Gasteiger partial charge in [0.05, 0.1) is 12.6 Å². The van der Waals surface area contributed by atoms with Crippen LogP contribution in [0.15, 0.2) is 0 Å². The second-order valence-corrected chi connectivity index (χ2v) is 3.07. The van der Waals surface area contributed by atoms with Gasteiger partial charge in [0.2, 0.25) is 0 Å². The average molecular weight is 169 g/mol. The molecule has 0 aliphatic heterocycles. The van der Waals surface area contributed by atoms with Gasteiger partial charge in [-0.2, -0.15) is 0 Å². The Morgan fingerprint density at radius 3 is 2.58 bits per heavy atom. The van der Waals surface area contributed by atoms with Crippen LogP contribution in [0.25, 0.3) is 0 Å². The van der Waals surface area contributed by atoms with E-state index in [9.17, 15) is 9.90 Å². The lowest BCUT2D eigenvalue weighted by atomic mass is 10.3. The van der Waals surface area contributed by atoms with Crippen LogP contribution in [-0.4, -0.2) is 25.1 Å². The highest BCUT2D eigenvalue weighted by molar-refractivity contribution is 5.64. The van der Waals surface area contributed by atoms with Crippen LogP contribution in [0.3, 0.4) is 0 Å². The van der Waals surface area contributed by atoms with Gasteiger partial charge in [-0.25, -0.2) is 0 Å². The zero-order chi connectivity index (χ0) is 9.56. The Hall–Kier alpha value is -1.01. The summed E-state index contributed by atoms with van der Waals surface area (Å²) in [6, 6.07) is 0.361. The van der Waals surface area contributed by atoms with Crippen LogP contribution in [-0.2, 0) is 4.79 Å². The number of aliphatic carboxylic acids is 1. The van der Waals surface area contributed by atoms with Crippen molar-refractivity contribution in [3.8, 4) is 12.3 Å². The number of nitrogens with one attached hydrogen (secondary N) is 1. The molecule has 12 heavy (non-hydrogen) atoms. The molecule has 1 N–H and O–H groups in total. The number of carbonyl (C=O) groups excluding carboxylic acids is 1. The molecular formula is C9H15NO2. The topological polar surface area (TPSA) is 44.6 Å². The number of hydrogen-bond donors (Lipinski definition) is 1. The van der Waals surface area contributed by atoms with E-state index in [-0.39, 0.29) is 6.42 Å². The van der Waals surface area contributed by atoms with Gasteiger partial charge in [0.25, 0.3) is 0 Å². The molecule has 0 bridgehead atoms. The summed E-state index contributed by atoms with van der Waals surface area (Å²) in [7, 11) is 0. The first kappa shape index (κ1) is 11.0. The molecule has 0 aromatic carbocycles. The van der Waals surface area contributed by atoms with E-state index >= 15 is 0 Å². The largest absolute Gasteiger partial charge is 0.550 e. The Morgan fingerprint density at radius 2 is 2.25 bits per heavy atom. The SMILES string of the molecule is C#CC[NH+](CCC(=O)[O-])C(C)C. The van der Waals surface area contributed by atoms with Crippen LogP contribution < -0.4 is 10.0 Å². The molecule has 0 amide bonds. The molecule has 0 radical (unpaired) electrons. The van der Waals surface area contributed by atoms with Crippen LogP contribution in [0.4, 0.5) is 0 Å². The Bertz CT molecular complexity index is 181. The molecule has 0 saturated carbocycles. The van der Waals surface area contributed by atoms with Crippen molar-refractivity contribution in [2.45, 2.75) is 26.3 Å². The van der Waals surface area contributed by atoms with Crippen molar-refractivity contribution < 1.29 is 14.8 Å². The lowest BCUT2D eigenvalue weighted by Crippen LogP contribution is -3.15. The van der Waals surface area contributed by atoms with Gasteiger partial charge in [0, 0.05) is 12.4 Å². The first-order chi connectivity index (χ1) is 5.57. The maximum absolute atomic E-state index is 10.2.